The van der Waals surface area contributed by atoms with Crippen molar-refractivity contribution in [3.63, 3.8) is 0 Å². The number of nitrogens with one attached hydrogen (secondary N) is 1. The van der Waals surface area contributed by atoms with Gasteiger partial charge in [0.25, 0.3) is 10.0 Å². The van der Waals surface area contributed by atoms with Crippen LogP contribution in [0.4, 0.5) is 5.69 Å². The number of aryl methyl sites for hydroxylation is 3. The van der Waals surface area contributed by atoms with Crippen molar-refractivity contribution < 1.29 is 13.2 Å². The van der Waals surface area contributed by atoms with E-state index in [-0.39, 0.29) is 23.4 Å². The van der Waals surface area contributed by atoms with Crippen LogP contribution in [0.2, 0.25) is 0 Å². The normalized spacial score (nSPS) is 12.2. The molecular formula is C26H30N2O3S. The zero-order chi connectivity index (χ0) is 23.1. The van der Waals surface area contributed by atoms with Gasteiger partial charge in [-0.1, -0.05) is 66.2 Å². The lowest BCUT2D eigenvalue weighted by atomic mass is 10.1. The van der Waals surface area contributed by atoms with Gasteiger partial charge in [-0.25, -0.2) is 8.42 Å². The lowest BCUT2D eigenvalue weighted by Crippen LogP contribution is -2.44. The van der Waals surface area contributed by atoms with Crippen LogP contribution in [-0.4, -0.2) is 26.9 Å². The largest absolute Gasteiger partial charge is 0.352 e. The minimum atomic E-state index is -3.91. The zero-order valence-corrected chi connectivity index (χ0v) is 19.6. The van der Waals surface area contributed by atoms with Crippen molar-refractivity contribution in [2.45, 2.75) is 44.6 Å². The van der Waals surface area contributed by atoms with E-state index in [4.69, 9.17) is 0 Å². The Balaban J connectivity index is 1.77. The first-order chi connectivity index (χ1) is 15.3. The summed E-state index contributed by atoms with van der Waals surface area (Å²) in [7, 11) is -3.91. The average Bonchev–Trinajstić information content (AvgIpc) is 2.77. The highest BCUT2D eigenvalue weighted by molar-refractivity contribution is 7.92. The molecule has 1 amide bonds. The molecule has 3 rings (SSSR count). The molecule has 5 nitrogen and oxygen atoms in total. The molecule has 1 N–H and O–H groups in total. The number of carbonyl (C=O) groups excluding carboxylic acids is 1. The van der Waals surface area contributed by atoms with E-state index in [2.05, 4.69) is 17.4 Å². The maximum Gasteiger partial charge on any atom is 0.264 e. The van der Waals surface area contributed by atoms with E-state index in [1.807, 2.05) is 51.1 Å². The van der Waals surface area contributed by atoms with Gasteiger partial charge < -0.3 is 5.32 Å². The van der Waals surface area contributed by atoms with E-state index in [0.717, 1.165) is 24.0 Å². The topological polar surface area (TPSA) is 66.5 Å². The van der Waals surface area contributed by atoms with Crippen molar-refractivity contribution in [2.75, 3.05) is 10.8 Å². The molecule has 0 unspecified atom stereocenters. The Morgan fingerprint density at radius 3 is 2.19 bits per heavy atom. The molecule has 0 aliphatic rings. The first kappa shape index (κ1) is 23.5. The van der Waals surface area contributed by atoms with Crippen LogP contribution in [0.1, 0.15) is 30.0 Å². The number of hydrogen-bond donors (Lipinski definition) is 1. The highest BCUT2D eigenvalue weighted by atomic mass is 32.2. The first-order valence-corrected chi connectivity index (χ1v) is 12.2. The van der Waals surface area contributed by atoms with Crippen molar-refractivity contribution >= 4 is 21.6 Å². The number of carbonyl (C=O) groups is 1. The van der Waals surface area contributed by atoms with Crippen molar-refractivity contribution in [3.05, 3.63) is 95.6 Å². The molecule has 0 aromatic heterocycles. The lowest BCUT2D eigenvalue weighted by molar-refractivity contribution is -0.120. The van der Waals surface area contributed by atoms with Crippen LogP contribution in [0.3, 0.4) is 0 Å². The Kier molecular flexibility index (Phi) is 7.70. The molecule has 0 saturated carbocycles. The second kappa shape index (κ2) is 10.5. The number of sulfonamides is 1. The summed E-state index contributed by atoms with van der Waals surface area (Å²) in [6.45, 7) is 5.40. The van der Waals surface area contributed by atoms with Crippen LogP contribution < -0.4 is 9.62 Å². The van der Waals surface area contributed by atoms with Gasteiger partial charge in [-0.3, -0.25) is 9.10 Å². The van der Waals surface area contributed by atoms with Crippen molar-refractivity contribution in [1.29, 1.82) is 0 Å². The van der Waals surface area contributed by atoms with E-state index in [9.17, 15) is 13.2 Å². The Morgan fingerprint density at radius 2 is 1.53 bits per heavy atom. The Bertz CT molecular complexity index is 1140. The van der Waals surface area contributed by atoms with Crippen LogP contribution in [0.15, 0.2) is 83.8 Å². The molecule has 0 spiro atoms. The van der Waals surface area contributed by atoms with Gasteiger partial charge in [-0.2, -0.15) is 0 Å². The molecule has 3 aromatic rings. The molecule has 168 valence electrons. The summed E-state index contributed by atoms with van der Waals surface area (Å²) in [6, 6.07) is 23.9. The molecule has 0 saturated heterocycles. The SMILES string of the molecule is Cc1ccc(S(=O)(=O)N(CC(=O)N[C@H](C)CCc2ccccc2)c2ccccc2C)cc1. The molecule has 1 atom stereocenters. The highest BCUT2D eigenvalue weighted by Gasteiger charge is 2.28. The van der Waals surface area contributed by atoms with Gasteiger partial charge in [0.1, 0.15) is 6.54 Å². The summed E-state index contributed by atoms with van der Waals surface area (Å²) >= 11 is 0. The molecule has 0 fully saturated rings. The first-order valence-electron chi connectivity index (χ1n) is 10.8. The minimum Gasteiger partial charge on any atom is -0.352 e. The lowest BCUT2D eigenvalue weighted by Gasteiger charge is -2.26. The second-order valence-electron chi connectivity index (χ2n) is 8.10. The molecule has 3 aromatic carbocycles. The fourth-order valence-corrected chi connectivity index (χ4v) is 5.02. The maximum absolute atomic E-state index is 13.5. The summed E-state index contributed by atoms with van der Waals surface area (Å²) in [5, 5.41) is 2.96. The summed E-state index contributed by atoms with van der Waals surface area (Å²) in [6.07, 6.45) is 1.61. The van der Waals surface area contributed by atoms with Crippen LogP contribution in [-0.2, 0) is 21.2 Å². The standard InChI is InChI=1S/C26H30N2O3S/c1-20-13-17-24(18-14-20)32(30,31)28(25-12-8-7-9-21(25)2)19-26(29)27-22(3)15-16-23-10-5-4-6-11-23/h4-14,17-18,22H,15-16,19H2,1-3H3,(H,27,29)/t22-/m1/s1. The molecule has 0 bridgehead atoms. The number of anilines is 1. The second-order valence-corrected chi connectivity index (χ2v) is 9.97. The van der Waals surface area contributed by atoms with Crippen molar-refractivity contribution in [3.8, 4) is 0 Å². The molecule has 6 heteroatoms. The highest BCUT2D eigenvalue weighted by Crippen LogP contribution is 2.26. The fraction of sp³-hybridized carbons (Fsp3) is 0.269. The molecular weight excluding hydrogens is 420 g/mol. The minimum absolute atomic E-state index is 0.0801. The van der Waals surface area contributed by atoms with Gasteiger partial charge in [0.2, 0.25) is 5.91 Å². The van der Waals surface area contributed by atoms with Gasteiger partial charge in [-0.05, 0) is 62.9 Å². The van der Waals surface area contributed by atoms with Gasteiger partial charge >= 0.3 is 0 Å². The number of nitrogens with zero attached hydrogens (tertiary/aromatic N) is 1. The van der Waals surface area contributed by atoms with E-state index in [1.165, 1.54) is 9.87 Å². The molecule has 0 heterocycles. The number of benzene rings is 3. The summed E-state index contributed by atoms with van der Waals surface area (Å²) in [5.41, 5.74) is 3.46. The van der Waals surface area contributed by atoms with Crippen molar-refractivity contribution in [2.24, 2.45) is 0 Å². The number of para-hydroxylation sites is 1. The smallest absolute Gasteiger partial charge is 0.264 e. The van der Waals surface area contributed by atoms with E-state index >= 15 is 0 Å². The number of hydrogen-bond acceptors (Lipinski definition) is 3. The van der Waals surface area contributed by atoms with Crippen LogP contribution in [0, 0.1) is 13.8 Å². The van der Waals surface area contributed by atoms with Crippen LogP contribution >= 0.6 is 0 Å². The van der Waals surface area contributed by atoms with Crippen LogP contribution in [0.5, 0.6) is 0 Å². The van der Waals surface area contributed by atoms with E-state index in [1.54, 1.807) is 36.4 Å². The van der Waals surface area contributed by atoms with Gasteiger partial charge in [-0.15, -0.1) is 0 Å². The predicted molar refractivity (Wildman–Crippen MR) is 129 cm³/mol. The van der Waals surface area contributed by atoms with E-state index < -0.39 is 10.0 Å². The Labute approximate surface area is 191 Å². The summed E-state index contributed by atoms with van der Waals surface area (Å²) in [4.78, 5) is 13.0. The zero-order valence-electron chi connectivity index (χ0n) is 18.8. The molecule has 32 heavy (non-hydrogen) atoms. The van der Waals surface area contributed by atoms with E-state index in [0.29, 0.717) is 5.69 Å². The fourth-order valence-electron chi connectivity index (χ4n) is 3.53. The summed E-state index contributed by atoms with van der Waals surface area (Å²) in [5.74, 6) is -0.329. The average molecular weight is 451 g/mol. The third-order valence-electron chi connectivity index (χ3n) is 5.40. The number of rotatable bonds is 9. The van der Waals surface area contributed by atoms with Gasteiger partial charge in [0.05, 0.1) is 10.6 Å². The van der Waals surface area contributed by atoms with Gasteiger partial charge in [0.15, 0.2) is 0 Å². The predicted octanol–water partition coefficient (Wildman–Crippen LogP) is 4.64. The molecule has 0 aliphatic heterocycles. The molecule has 0 aliphatic carbocycles. The van der Waals surface area contributed by atoms with Crippen LogP contribution in [0.25, 0.3) is 0 Å². The molecule has 0 radical (unpaired) electrons. The Hall–Kier alpha value is -3.12. The third kappa shape index (κ3) is 5.98. The number of amides is 1. The quantitative estimate of drug-likeness (QED) is 0.517. The maximum atomic E-state index is 13.5. The monoisotopic (exact) mass is 450 g/mol. The van der Waals surface area contributed by atoms with Crippen molar-refractivity contribution in [1.82, 2.24) is 5.32 Å². The third-order valence-corrected chi connectivity index (χ3v) is 7.17. The Morgan fingerprint density at radius 1 is 0.906 bits per heavy atom. The van der Waals surface area contributed by atoms with Gasteiger partial charge in [0, 0.05) is 6.04 Å². The summed E-state index contributed by atoms with van der Waals surface area (Å²) < 4.78 is 28.1.